The molecule has 5 nitrogen and oxygen atoms in total. The maximum absolute atomic E-state index is 12.1. The first-order valence-electron chi connectivity index (χ1n) is 7.13. The smallest absolute Gasteiger partial charge is 0.243 e. The monoisotopic (exact) mass is 326 g/mol. The number of fused-ring (bicyclic) bond motifs is 1. The third-order valence-corrected chi connectivity index (χ3v) is 3.82. The summed E-state index contributed by atoms with van der Waals surface area (Å²) in [7, 11) is 0. The highest BCUT2D eigenvalue weighted by Crippen LogP contribution is 2.20. The highest BCUT2D eigenvalue weighted by atomic mass is 35.5. The molecule has 3 rings (SSSR count). The fourth-order valence-electron chi connectivity index (χ4n) is 2.19. The van der Waals surface area contributed by atoms with E-state index in [1.165, 1.54) is 6.33 Å². The molecule has 0 bridgehead atoms. The lowest BCUT2D eigenvalue weighted by atomic mass is 10.2. The van der Waals surface area contributed by atoms with Gasteiger partial charge in [-0.3, -0.25) is 4.79 Å². The second-order valence-electron chi connectivity index (χ2n) is 5.11. The summed E-state index contributed by atoms with van der Waals surface area (Å²) >= 11 is 6.05. The van der Waals surface area contributed by atoms with Gasteiger partial charge in [0.25, 0.3) is 0 Å². The largest absolute Gasteiger partial charge is 0.360 e. The highest BCUT2D eigenvalue weighted by Gasteiger charge is 2.07. The Morgan fingerprint density at radius 2 is 2.00 bits per heavy atom. The number of carbonyl (C=O) groups excluding carboxylic acids is 1. The molecule has 0 spiro atoms. The van der Waals surface area contributed by atoms with E-state index in [9.17, 15) is 4.79 Å². The van der Waals surface area contributed by atoms with Gasteiger partial charge in [-0.05, 0) is 36.8 Å². The molecule has 6 heteroatoms. The Hall–Kier alpha value is -2.66. The molecule has 1 heterocycles. The van der Waals surface area contributed by atoms with Crippen molar-refractivity contribution < 1.29 is 4.79 Å². The van der Waals surface area contributed by atoms with E-state index in [1.54, 1.807) is 6.07 Å². The van der Waals surface area contributed by atoms with Crippen LogP contribution in [0.4, 0.5) is 11.5 Å². The topological polar surface area (TPSA) is 66.9 Å². The van der Waals surface area contributed by atoms with E-state index in [2.05, 4.69) is 20.6 Å². The number of hydrogen-bond donors (Lipinski definition) is 2. The van der Waals surface area contributed by atoms with Crippen LogP contribution in [-0.4, -0.2) is 22.4 Å². The quantitative estimate of drug-likeness (QED) is 0.768. The number of nitrogens with zero attached hydrogens (tertiary/aromatic N) is 2. The highest BCUT2D eigenvalue weighted by molar-refractivity contribution is 6.31. The average molecular weight is 327 g/mol. The minimum atomic E-state index is -0.174. The Kier molecular flexibility index (Phi) is 4.39. The normalized spacial score (nSPS) is 10.5. The fraction of sp³-hybridized carbons (Fsp3) is 0.118. The fourth-order valence-corrected chi connectivity index (χ4v) is 2.37. The van der Waals surface area contributed by atoms with Crippen LogP contribution >= 0.6 is 11.6 Å². The molecule has 0 saturated heterocycles. The summed E-state index contributed by atoms with van der Waals surface area (Å²) in [5.41, 5.74) is 2.46. The first kappa shape index (κ1) is 15.2. The lowest BCUT2D eigenvalue weighted by molar-refractivity contribution is -0.114. The number of nitrogens with one attached hydrogen (secondary N) is 2. The summed E-state index contributed by atoms with van der Waals surface area (Å²) in [5, 5.41) is 7.34. The summed E-state index contributed by atoms with van der Waals surface area (Å²) in [6.07, 6.45) is 1.47. The number of amides is 1. The molecule has 0 saturated carbocycles. The van der Waals surface area contributed by atoms with Gasteiger partial charge in [0, 0.05) is 16.1 Å². The molecule has 2 aromatic carbocycles. The van der Waals surface area contributed by atoms with E-state index in [0.717, 1.165) is 16.5 Å². The van der Waals surface area contributed by atoms with E-state index in [4.69, 9.17) is 11.6 Å². The summed E-state index contributed by atoms with van der Waals surface area (Å²) in [6, 6.07) is 13.0. The van der Waals surface area contributed by atoms with Crippen LogP contribution in [0.1, 0.15) is 5.56 Å². The zero-order valence-corrected chi connectivity index (χ0v) is 13.3. The Bertz CT molecular complexity index is 861. The first-order valence-corrected chi connectivity index (χ1v) is 7.51. The van der Waals surface area contributed by atoms with Crippen LogP contribution in [0, 0.1) is 6.92 Å². The molecule has 0 unspecified atom stereocenters. The van der Waals surface area contributed by atoms with Gasteiger partial charge < -0.3 is 10.6 Å². The van der Waals surface area contributed by atoms with Gasteiger partial charge in [-0.15, -0.1) is 0 Å². The number of carbonyl (C=O) groups is 1. The lowest BCUT2D eigenvalue weighted by Crippen LogP contribution is -2.22. The number of benzene rings is 2. The second kappa shape index (κ2) is 6.62. The van der Waals surface area contributed by atoms with Crippen molar-refractivity contribution in [3.8, 4) is 0 Å². The standard InChI is InChI=1S/C17H15ClN4O/c1-11-6-7-12(8-14(11)18)22-16(23)9-19-17-13-4-2-3-5-15(13)20-10-21-17/h2-8,10H,9H2,1H3,(H,22,23)(H,19,20,21). The number of halogens is 1. The molecule has 3 aromatic rings. The van der Waals surface area contributed by atoms with Crippen LogP contribution in [0.15, 0.2) is 48.8 Å². The van der Waals surface area contributed by atoms with E-state index in [1.807, 2.05) is 43.3 Å². The van der Waals surface area contributed by atoms with Gasteiger partial charge in [-0.25, -0.2) is 9.97 Å². The minimum absolute atomic E-state index is 0.104. The molecular formula is C17H15ClN4O. The maximum Gasteiger partial charge on any atom is 0.243 e. The maximum atomic E-state index is 12.1. The molecule has 0 aliphatic carbocycles. The van der Waals surface area contributed by atoms with Gasteiger partial charge >= 0.3 is 0 Å². The predicted octanol–water partition coefficient (Wildman–Crippen LogP) is 3.64. The van der Waals surface area contributed by atoms with Crippen LogP contribution in [0.2, 0.25) is 5.02 Å². The molecule has 0 aliphatic rings. The molecular weight excluding hydrogens is 312 g/mol. The van der Waals surface area contributed by atoms with Crippen LogP contribution in [-0.2, 0) is 4.79 Å². The summed E-state index contributed by atoms with van der Waals surface area (Å²) < 4.78 is 0. The molecule has 2 N–H and O–H groups in total. The van der Waals surface area contributed by atoms with E-state index < -0.39 is 0 Å². The predicted molar refractivity (Wildman–Crippen MR) is 92.8 cm³/mol. The van der Waals surface area contributed by atoms with Crippen LogP contribution in [0.3, 0.4) is 0 Å². The van der Waals surface area contributed by atoms with Crippen molar-refractivity contribution in [3.63, 3.8) is 0 Å². The van der Waals surface area contributed by atoms with Crippen molar-refractivity contribution >= 4 is 39.9 Å². The van der Waals surface area contributed by atoms with Crippen molar-refractivity contribution in [1.29, 1.82) is 0 Å². The van der Waals surface area contributed by atoms with Gasteiger partial charge in [0.1, 0.15) is 12.1 Å². The summed E-state index contributed by atoms with van der Waals surface area (Å²) in [6.45, 7) is 2.02. The molecule has 1 aromatic heterocycles. The molecule has 0 aliphatic heterocycles. The Morgan fingerprint density at radius 3 is 2.83 bits per heavy atom. The summed E-state index contributed by atoms with van der Waals surface area (Å²) in [4.78, 5) is 20.4. The van der Waals surface area contributed by atoms with Gasteiger partial charge in [-0.2, -0.15) is 0 Å². The Balaban J connectivity index is 1.67. The van der Waals surface area contributed by atoms with Gasteiger partial charge in [0.05, 0.1) is 12.1 Å². The lowest BCUT2D eigenvalue weighted by Gasteiger charge is -2.09. The van der Waals surface area contributed by atoms with Crippen molar-refractivity contribution in [1.82, 2.24) is 9.97 Å². The Morgan fingerprint density at radius 1 is 1.17 bits per heavy atom. The number of anilines is 2. The minimum Gasteiger partial charge on any atom is -0.360 e. The van der Waals surface area contributed by atoms with E-state index in [0.29, 0.717) is 16.5 Å². The third kappa shape index (κ3) is 3.57. The molecule has 1 amide bonds. The van der Waals surface area contributed by atoms with E-state index >= 15 is 0 Å². The van der Waals surface area contributed by atoms with Crippen molar-refractivity contribution in [2.24, 2.45) is 0 Å². The number of para-hydroxylation sites is 1. The van der Waals surface area contributed by atoms with Crippen LogP contribution in [0.25, 0.3) is 10.9 Å². The van der Waals surface area contributed by atoms with Gasteiger partial charge in [0.2, 0.25) is 5.91 Å². The van der Waals surface area contributed by atoms with Crippen molar-refractivity contribution in [2.75, 3.05) is 17.2 Å². The second-order valence-corrected chi connectivity index (χ2v) is 5.51. The number of rotatable bonds is 4. The SMILES string of the molecule is Cc1ccc(NC(=O)CNc2ncnc3ccccc23)cc1Cl. The molecule has 0 atom stereocenters. The zero-order chi connectivity index (χ0) is 16.2. The van der Waals surface area contributed by atoms with Gasteiger partial charge in [-0.1, -0.05) is 29.8 Å². The number of aromatic nitrogens is 2. The summed E-state index contributed by atoms with van der Waals surface area (Å²) in [5.74, 6) is 0.459. The van der Waals surface area contributed by atoms with Crippen LogP contribution in [0.5, 0.6) is 0 Å². The number of aryl methyl sites for hydroxylation is 1. The number of hydrogen-bond acceptors (Lipinski definition) is 4. The van der Waals surface area contributed by atoms with Crippen molar-refractivity contribution in [3.05, 3.63) is 59.4 Å². The average Bonchev–Trinajstić information content (AvgIpc) is 2.56. The third-order valence-electron chi connectivity index (χ3n) is 3.41. The van der Waals surface area contributed by atoms with Crippen LogP contribution < -0.4 is 10.6 Å². The first-order chi connectivity index (χ1) is 11.1. The molecule has 0 fully saturated rings. The Labute approximate surface area is 138 Å². The van der Waals surface area contributed by atoms with E-state index in [-0.39, 0.29) is 12.5 Å². The molecule has 116 valence electrons. The molecule has 23 heavy (non-hydrogen) atoms. The van der Waals surface area contributed by atoms with Crippen molar-refractivity contribution in [2.45, 2.75) is 6.92 Å². The molecule has 0 radical (unpaired) electrons. The zero-order valence-electron chi connectivity index (χ0n) is 12.5. The van der Waals surface area contributed by atoms with Gasteiger partial charge in [0.15, 0.2) is 0 Å².